The Bertz CT molecular complexity index is 523. The maximum Gasteiger partial charge on any atom is 0.237 e. The van der Waals surface area contributed by atoms with Crippen molar-refractivity contribution in [2.24, 2.45) is 17.1 Å². The zero-order valence-electron chi connectivity index (χ0n) is 10.4. The van der Waals surface area contributed by atoms with E-state index < -0.39 is 11.2 Å². The van der Waals surface area contributed by atoms with Crippen molar-refractivity contribution in [3.63, 3.8) is 0 Å². The Morgan fingerprint density at radius 1 is 1.58 bits per heavy atom. The van der Waals surface area contributed by atoms with Crippen molar-refractivity contribution < 1.29 is 9.18 Å². The molecule has 1 aromatic carbocycles. The van der Waals surface area contributed by atoms with E-state index in [0.717, 1.165) is 0 Å². The highest BCUT2D eigenvalue weighted by molar-refractivity contribution is 9.10. The van der Waals surface area contributed by atoms with E-state index in [1.165, 1.54) is 6.07 Å². The largest absolute Gasteiger partial charge is 0.392 e. The number of nitrogens with one attached hydrogen (secondary N) is 1. The van der Waals surface area contributed by atoms with Gasteiger partial charge in [0.2, 0.25) is 5.91 Å². The minimum Gasteiger partial charge on any atom is -0.392 e. The number of anilines is 1. The summed E-state index contributed by atoms with van der Waals surface area (Å²) in [6, 6.07) is 4.51. The molecule has 1 amide bonds. The molecule has 1 aromatic rings. The molecule has 1 saturated carbocycles. The van der Waals surface area contributed by atoms with E-state index in [1.54, 1.807) is 12.1 Å². The zero-order chi connectivity index (χ0) is 14.2. The molecule has 0 atom stereocenters. The van der Waals surface area contributed by atoms with Crippen LogP contribution >= 0.6 is 28.1 Å². The molecule has 0 aliphatic heterocycles. The number of benzene rings is 1. The maximum atomic E-state index is 13.7. The summed E-state index contributed by atoms with van der Waals surface area (Å²) >= 11 is 8.22. The van der Waals surface area contributed by atoms with Gasteiger partial charge in [-0.25, -0.2) is 4.39 Å². The van der Waals surface area contributed by atoms with Crippen LogP contribution in [0, 0.1) is 17.2 Å². The van der Waals surface area contributed by atoms with Crippen LogP contribution < -0.4 is 11.1 Å². The molecule has 0 heterocycles. The maximum absolute atomic E-state index is 13.7. The van der Waals surface area contributed by atoms with Gasteiger partial charge < -0.3 is 11.1 Å². The Labute approximate surface area is 124 Å². The molecule has 2 rings (SSSR count). The van der Waals surface area contributed by atoms with Gasteiger partial charge in [-0.1, -0.05) is 25.2 Å². The number of hydrogen-bond acceptors (Lipinski definition) is 2. The van der Waals surface area contributed by atoms with Crippen molar-refractivity contribution in [1.82, 2.24) is 0 Å². The van der Waals surface area contributed by atoms with Crippen LogP contribution in [0.25, 0.3) is 0 Å². The van der Waals surface area contributed by atoms with E-state index in [-0.39, 0.29) is 16.6 Å². The van der Waals surface area contributed by atoms with Gasteiger partial charge in [-0.05, 0) is 46.8 Å². The molecule has 0 aromatic heterocycles. The van der Waals surface area contributed by atoms with Gasteiger partial charge in [0.05, 0.1) is 16.1 Å². The smallest absolute Gasteiger partial charge is 0.237 e. The first-order chi connectivity index (χ1) is 8.86. The van der Waals surface area contributed by atoms with Crippen LogP contribution in [0.1, 0.15) is 19.8 Å². The Morgan fingerprint density at radius 2 is 2.21 bits per heavy atom. The predicted octanol–water partition coefficient (Wildman–Crippen LogP) is 3.23. The Kier molecular flexibility index (Phi) is 3.92. The monoisotopic (exact) mass is 344 g/mol. The van der Waals surface area contributed by atoms with Crippen molar-refractivity contribution >= 4 is 44.7 Å². The molecular formula is C13H14BrFN2OS. The van der Waals surface area contributed by atoms with Crippen molar-refractivity contribution in [3.8, 4) is 0 Å². The highest BCUT2D eigenvalue weighted by Crippen LogP contribution is 2.46. The number of carbonyl (C=O) groups is 1. The third-order valence-electron chi connectivity index (χ3n) is 3.50. The quantitative estimate of drug-likeness (QED) is 0.827. The predicted molar refractivity (Wildman–Crippen MR) is 80.3 cm³/mol. The van der Waals surface area contributed by atoms with E-state index >= 15 is 0 Å². The van der Waals surface area contributed by atoms with Gasteiger partial charge in [0.25, 0.3) is 0 Å². The average molecular weight is 345 g/mol. The first-order valence-corrected chi connectivity index (χ1v) is 7.12. The van der Waals surface area contributed by atoms with Crippen LogP contribution in [0.5, 0.6) is 0 Å². The van der Waals surface area contributed by atoms with E-state index in [2.05, 4.69) is 21.2 Å². The summed E-state index contributed by atoms with van der Waals surface area (Å²) in [7, 11) is 0. The van der Waals surface area contributed by atoms with Crippen molar-refractivity contribution in [2.45, 2.75) is 19.8 Å². The molecule has 6 heteroatoms. The van der Waals surface area contributed by atoms with Crippen LogP contribution in [-0.2, 0) is 4.79 Å². The van der Waals surface area contributed by atoms with Gasteiger partial charge in [-0.2, -0.15) is 0 Å². The number of para-hydroxylation sites is 1. The van der Waals surface area contributed by atoms with Gasteiger partial charge in [0.1, 0.15) is 5.82 Å². The van der Waals surface area contributed by atoms with Crippen molar-refractivity contribution in [1.29, 1.82) is 0 Å². The molecule has 1 fully saturated rings. The Morgan fingerprint density at radius 3 is 2.68 bits per heavy atom. The Hall–Kier alpha value is -1.01. The molecule has 3 nitrogen and oxygen atoms in total. The number of carbonyl (C=O) groups excluding carboxylic acids is 1. The highest BCUT2D eigenvalue weighted by atomic mass is 79.9. The lowest BCUT2D eigenvalue weighted by Gasteiger charge is -2.44. The van der Waals surface area contributed by atoms with Gasteiger partial charge in [-0.3, -0.25) is 4.79 Å². The molecular weight excluding hydrogens is 331 g/mol. The SMILES string of the molecule is CC1CC(C(=O)Nc2c(F)cccc2Br)(C(N)=S)C1. The molecule has 3 N–H and O–H groups in total. The van der Waals surface area contributed by atoms with Gasteiger partial charge in [0.15, 0.2) is 0 Å². The molecule has 0 spiro atoms. The molecule has 19 heavy (non-hydrogen) atoms. The second-order valence-electron chi connectivity index (χ2n) is 5.01. The summed E-state index contributed by atoms with van der Waals surface area (Å²) in [5.74, 6) is -0.423. The minimum absolute atomic E-state index is 0.127. The summed E-state index contributed by atoms with van der Waals surface area (Å²) < 4.78 is 14.2. The lowest BCUT2D eigenvalue weighted by molar-refractivity contribution is -0.127. The lowest BCUT2D eigenvalue weighted by atomic mass is 9.62. The van der Waals surface area contributed by atoms with Gasteiger partial charge >= 0.3 is 0 Å². The number of thiocarbonyl (C=S) groups is 1. The third-order valence-corrected chi connectivity index (χ3v) is 4.55. The second kappa shape index (κ2) is 5.17. The average Bonchev–Trinajstić information content (AvgIpc) is 2.29. The number of nitrogens with two attached hydrogens (primary N) is 1. The molecule has 0 saturated heterocycles. The minimum atomic E-state index is -0.837. The number of amides is 1. The van der Waals surface area contributed by atoms with Crippen LogP contribution in [0.15, 0.2) is 22.7 Å². The first-order valence-electron chi connectivity index (χ1n) is 5.92. The standard InChI is InChI=1S/C13H14BrFN2OS/c1-7-5-13(6-7,11(16)19)12(18)17-10-8(14)3-2-4-9(10)15/h2-4,7H,5-6H2,1H3,(H2,16,19)(H,17,18). The summed E-state index contributed by atoms with van der Waals surface area (Å²) in [5.41, 5.74) is 4.98. The van der Waals surface area contributed by atoms with Gasteiger partial charge in [-0.15, -0.1) is 0 Å². The summed E-state index contributed by atoms with van der Waals surface area (Å²) in [6.45, 7) is 2.03. The van der Waals surface area contributed by atoms with E-state index in [1.807, 2.05) is 6.92 Å². The molecule has 1 aliphatic rings. The normalized spacial score (nSPS) is 25.5. The van der Waals surface area contributed by atoms with E-state index in [4.69, 9.17) is 18.0 Å². The summed E-state index contributed by atoms with van der Waals surface area (Å²) in [6.07, 6.45) is 1.22. The molecule has 1 aliphatic carbocycles. The summed E-state index contributed by atoms with van der Waals surface area (Å²) in [5, 5.41) is 2.59. The van der Waals surface area contributed by atoms with Crippen LogP contribution in [0.2, 0.25) is 0 Å². The molecule has 0 bridgehead atoms. The fourth-order valence-electron chi connectivity index (χ4n) is 2.48. The van der Waals surface area contributed by atoms with Gasteiger partial charge in [0, 0.05) is 4.47 Å². The fraction of sp³-hybridized carbons (Fsp3) is 0.385. The fourth-order valence-corrected chi connectivity index (χ4v) is 3.18. The van der Waals surface area contributed by atoms with Crippen molar-refractivity contribution in [2.75, 3.05) is 5.32 Å². The Balaban J connectivity index is 2.24. The first kappa shape index (κ1) is 14.4. The molecule has 0 radical (unpaired) electrons. The van der Waals surface area contributed by atoms with E-state index in [9.17, 15) is 9.18 Å². The van der Waals surface area contributed by atoms with Crippen LogP contribution in [-0.4, -0.2) is 10.9 Å². The lowest BCUT2D eigenvalue weighted by Crippen LogP contribution is -2.54. The number of halogens is 2. The third kappa shape index (κ3) is 2.51. The topological polar surface area (TPSA) is 55.1 Å². The van der Waals surface area contributed by atoms with Crippen LogP contribution in [0.3, 0.4) is 0 Å². The number of hydrogen-bond donors (Lipinski definition) is 2. The van der Waals surface area contributed by atoms with Crippen molar-refractivity contribution in [3.05, 3.63) is 28.5 Å². The van der Waals surface area contributed by atoms with Crippen LogP contribution in [0.4, 0.5) is 10.1 Å². The molecule has 0 unspecified atom stereocenters. The summed E-state index contributed by atoms with van der Waals surface area (Å²) in [4.78, 5) is 12.5. The van der Waals surface area contributed by atoms with E-state index in [0.29, 0.717) is 23.2 Å². The highest BCUT2D eigenvalue weighted by Gasteiger charge is 2.51. The zero-order valence-corrected chi connectivity index (χ0v) is 12.8. The molecule has 102 valence electrons. The second-order valence-corrected chi connectivity index (χ2v) is 6.30. The number of rotatable bonds is 3.